The Kier molecular flexibility index (Phi) is 6.40. The molecule has 3 heterocycles. The second-order valence-electron chi connectivity index (χ2n) is 8.20. The molecular formula is C27H22BrN3O3S. The molecule has 35 heavy (non-hydrogen) atoms. The van der Waals surface area contributed by atoms with Gasteiger partial charge in [0.1, 0.15) is 17.6 Å². The predicted molar refractivity (Wildman–Crippen MR) is 142 cm³/mol. The first kappa shape index (κ1) is 23.3. The van der Waals surface area contributed by atoms with E-state index >= 15 is 0 Å². The van der Waals surface area contributed by atoms with Crippen molar-refractivity contribution in [1.82, 2.24) is 10.3 Å². The molecule has 0 radical (unpaired) electrons. The van der Waals surface area contributed by atoms with Gasteiger partial charge in [-0.05, 0) is 79.3 Å². The molecule has 0 bridgehead atoms. The Balaban J connectivity index is 1.58. The first-order valence-electron chi connectivity index (χ1n) is 11.0. The lowest BCUT2D eigenvalue weighted by atomic mass is 10.0. The van der Waals surface area contributed by atoms with E-state index < -0.39 is 5.97 Å². The number of methoxy groups -OCH3 is 1. The second kappa shape index (κ2) is 9.64. The van der Waals surface area contributed by atoms with Crippen molar-refractivity contribution in [2.75, 3.05) is 12.0 Å². The molecule has 8 heteroatoms. The quantitative estimate of drug-likeness (QED) is 0.230. The Morgan fingerprint density at radius 2 is 1.97 bits per heavy atom. The van der Waals surface area contributed by atoms with Gasteiger partial charge in [-0.15, -0.1) is 0 Å². The van der Waals surface area contributed by atoms with Crippen molar-refractivity contribution < 1.29 is 13.9 Å². The van der Waals surface area contributed by atoms with Crippen LogP contribution in [0.1, 0.15) is 39.5 Å². The smallest absolute Gasteiger partial charge is 0.337 e. The van der Waals surface area contributed by atoms with Gasteiger partial charge in [0.2, 0.25) is 0 Å². The first-order valence-corrected chi connectivity index (χ1v) is 12.2. The number of furan rings is 1. The Hall–Kier alpha value is -3.49. The number of hydrogen-bond acceptors (Lipinski definition) is 5. The lowest BCUT2D eigenvalue weighted by Crippen LogP contribution is -2.29. The zero-order valence-corrected chi connectivity index (χ0v) is 21.5. The van der Waals surface area contributed by atoms with E-state index in [1.165, 1.54) is 7.11 Å². The number of thiocarbonyl (C=S) groups is 1. The average Bonchev–Trinajstić information content (AvgIpc) is 3.50. The van der Waals surface area contributed by atoms with Gasteiger partial charge in [-0.3, -0.25) is 4.98 Å². The maximum atomic E-state index is 12.0. The monoisotopic (exact) mass is 547 g/mol. The number of aromatic nitrogens is 1. The van der Waals surface area contributed by atoms with Gasteiger partial charge in [-0.1, -0.05) is 34.1 Å². The number of benzene rings is 2. The SMILES string of the molecule is COC(=O)c1cccc(-c2ccc([C@@H]3[C@@H](c4ccccn4)NC(=S)N3c3ccc(Br)c(C)c3)o2)c1. The molecule has 176 valence electrons. The normalized spacial score (nSPS) is 17.3. The number of carbonyl (C=O) groups is 1. The summed E-state index contributed by atoms with van der Waals surface area (Å²) >= 11 is 9.38. The molecule has 4 aromatic rings. The van der Waals surface area contributed by atoms with Gasteiger partial charge in [0.05, 0.1) is 24.4 Å². The van der Waals surface area contributed by atoms with E-state index in [0.717, 1.165) is 32.7 Å². The summed E-state index contributed by atoms with van der Waals surface area (Å²) < 4.78 is 12.3. The number of halogens is 1. The molecule has 0 saturated carbocycles. The molecule has 1 fully saturated rings. The molecule has 0 unspecified atom stereocenters. The zero-order chi connectivity index (χ0) is 24.5. The number of hydrogen-bond donors (Lipinski definition) is 1. The van der Waals surface area contributed by atoms with Crippen LogP contribution < -0.4 is 10.2 Å². The zero-order valence-electron chi connectivity index (χ0n) is 19.1. The van der Waals surface area contributed by atoms with Gasteiger partial charge in [0, 0.05) is 21.9 Å². The van der Waals surface area contributed by atoms with E-state index in [9.17, 15) is 4.79 Å². The lowest BCUT2D eigenvalue weighted by molar-refractivity contribution is 0.0601. The minimum atomic E-state index is -0.393. The Bertz CT molecular complexity index is 1410. The molecular weight excluding hydrogens is 526 g/mol. The minimum Gasteiger partial charge on any atom is -0.465 e. The number of ether oxygens (including phenoxy) is 1. The third-order valence-electron chi connectivity index (χ3n) is 6.00. The molecule has 2 atom stereocenters. The molecule has 0 aliphatic carbocycles. The van der Waals surface area contributed by atoms with Crippen LogP contribution in [0.25, 0.3) is 11.3 Å². The summed E-state index contributed by atoms with van der Waals surface area (Å²) in [6.07, 6.45) is 1.77. The van der Waals surface area contributed by atoms with Crippen LogP contribution in [0.4, 0.5) is 5.69 Å². The summed E-state index contributed by atoms with van der Waals surface area (Å²) in [5, 5.41) is 4.04. The molecule has 0 spiro atoms. The number of nitrogens with zero attached hydrogens (tertiary/aromatic N) is 2. The Labute approximate surface area is 217 Å². The summed E-state index contributed by atoms with van der Waals surface area (Å²) in [6, 6.07) is 22.5. The summed E-state index contributed by atoms with van der Waals surface area (Å²) in [7, 11) is 1.37. The highest BCUT2D eigenvalue weighted by atomic mass is 79.9. The number of carbonyl (C=O) groups excluding carboxylic acids is 1. The van der Waals surface area contributed by atoms with E-state index in [4.69, 9.17) is 21.4 Å². The van der Waals surface area contributed by atoms with Crippen LogP contribution in [-0.2, 0) is 4.74 Å². The van der Waals surface area contributed by atoms with E-state index in [-0.39, 0.29) is 12.1 Å². The first-order chi connectivity index (χ1) is 17.0. The molecule has 2 aromatic heterocycles. The molecule has 6 nitrogen and oxygen atoms in total. The molecule has 2 aromatic carbocycles. The van der Waals surface area contributed by atoms with Gasteiger partial charge < -0.3 is 19.4 Å². The number of rotatable bonds is 5. The third-order valence-corrected chi connectivity index (χ3v) is 7.21. The van der Waals surface area contributed by atoms with E-state index in [2.05, 4.69) is 37.2 Å². The standard InChI is InChI=1S/C27H22BrN3O3S/c1-16-14-19(9-10-20(16)28)31-25(24(30-27(31)35)21-8-3-4-13-29-21)23-12-11-22(34-23)17-6-5-7-18(15-17)26(32)33-2/h3-15,24-25H,1-2H3,(H,30,35)/t24-,25-/m1/s1. The number of esters is 1. The average molecular weight is 548 g/mol. The van der Waals surface area contributed by atoms with Crippen molar-refractivity contribution in [1.29, 1.82) is 0 Å². The maximum absolute atomic E-state index is 12.0. The van der Waals surface area contributed by atoms with Crippen LogP contribution in [0.5, 0.6) is 0 Å². The summed E-state index contributed by atoms with van der Waals surface area (Å²) in [4.78, 5) is 18.7. The van der Waals surface area contributed by atoms with Crippen molar-refractivity contribution in [2.45, 2.75) is 19.0 Å². The molecule has 1 aliphatic heterocycles. The van der Waals surface area contributed by atoms with E-state index in [0.29, 0.717) is 16.4 Å². The van der Waals surface area contributed by atoms with Crippen molar-refractivity contribution in [3.05, 3.63) is 106 Å². The van der Waals surface area contributed by atoms with Gasteiger partial charge in [0.15, 0.2) is 5.11 Å². The maximum Gasteiger partial charge on any atom is 0.337 e. The fourth-order valence-corrected chi connectivity index (χ4v) is 4.88. The third kappa shape index (κ3) is 4.47. The van der Waals surface area contributed by atoms with E-state index in [1.807, 2.05) is 61.5 Å². The highest BCUT2D eigenvalue weighted by Gasteiger charge is 2.42. The van der Waals surface area contributed by atoms with Crippen LogP contribution in [0.2, 0.25) is 0 Å². The van der Waals surface area contributed by atoms with Crippen molar-refractivity contribution in [3.8, 4) is 11.3 Å². The van der Waals surface area contributed by atoms with Crippen molar-refractivity contribution >= 4 is 44.9 Å². The summed E-state index contributed by atoms with van der Waals surface area (Å²) in [6.45, 7) is 2.05. The highest BCUT2D eigenvalue weighted by molar-refractivity contribution is 9.10. The molecule has 1 N–H and O–H groups in total. The molecule has 1 saturated heterocycles. The number of nitrogens with one attached hydrogen (secondary N) is 1. The van der Waals surface area contributed by atoms with Gasteiger partial charge in [-0.25, -0.2) is 4.79 Å². The minimum absolute atomic E-state index is 0.215. The largest absolute Gasteiger partial charge is 0.465 e. The number of anilines is 1. The Morgan fingerprint density at radius 3 is 2.71 bits per heavy atom. The van der Waals surface area contributed by atoms with Crippen LogP contribution in [0, 0.1) is 6.92 Å². The number of aryl methyl sites for hydroxylation is 1. The summed E-state index contributed by atoms with van der Waals surface area (Å²) in [5.41, 5.74) is 4.17. The van der Waals surface area contributed by atoms with Gasteiger partial charge in [0.25, 0.3) is 0 Å². The molecule has 1 aliphatic rings. The van der Waals surface area contributed by atoms with Crippen LogP contribution in [-0.4, -0.2) is 23.2 Å². The Morgan fingerprint density at radius 1 is 1.11 bits per heavy atom. The van der Waals surface area contributed by atoms with Crippen LogP contribution in [0.3, 0.4) is 0 Å². The van der Waals surface area contributed by atoms with Gasteiger partial charge >= 0.3 is 5.97 Å². The van der Waals surface area contributed by atoms with Crippen molar-refractivity contribution in [3.63, 3.8) is 0 Å². The molecule has 5 rings (SSSR count). The van der Waals surface area contributed by atoms with E-state index in [1.54, 1.807) is 18.3 Å². The van der Waals surface area contributed by atoms with Gasteiger partial charge in [-0.2, -0.15) is 0 Å². The molecule has 0 amide bonds. The predicted octanol–water partition coefficient (Wildman–Crippen LogP) is 6.38. The second-order valence-corrected chi connectivity index (χ2v) is 9.45. The number of pyridine rings is 1. The fraction of sp³-hybridized carbons (Fsp3) is 0.148. The summed E-state index contributed by atoms with van der Waals surface area (Å²) in [5.74, 6) is 0.985. The van der Waals surface area contributed by atoms with Crippen molar-refractivity contribution in [2.24, 2.45) is 0 Å². The topological polar surface area (TPSA) is 67.6 Å². The highest BCUT2D eigenvalue weighted by Crippen LogP contribution is 2.43. The lowest BCUT2D eigenvalue weighted by Gasteiger charge is -2.26. The van der Waals surface area contributed by atoms with Crippen LogP contribution in [0.15, 0.2) is 87.9 Å². The van der Waals surface area contributed by atoms with Crippen LogP contribution >= 0.6 is 28.1 Å². The fourth-order valence-electron chi connectivity index (χ4n) is 4.28.